The number of carbonyl (C=O) groups excluding carboxylic acids is 2. The zero-order chi connectivity index (χ0) is 24.9. The third-order valence-corrected chi connectivity index (χ3v) is 4.62. The Hall–Kier alpha value is -3.98. The highest BCUT2D eigenvalue weighted by atomic mass is 16.4. The quantitative estimate of drug-likeness (QED) is 0.338. The average Bonchev–Trinajstić information content (AvgIpc) is 2.77. The van der Waals surface area contributed by atoms with Crippen LogP contribution in [0, 0.1) is 0 Å². The molecule has 7 N–H and O–H groups in total. The first-order valence-electron chi connectivity index (χ1n) is 10.1. The maximum Gasteiger partial charge on any atom is 0.328 e. The molecule has 33 heavy (non-hydrogen) atoms. The van der Waals surface area contributed by atoms with E-state index < -0.39 is 29.4 Å². The molecule has 2 rings (SSSR count). The van der Waals surface area contributed by atoms with Gasteiger partial charge in [0.25, 0.3) is 0 Å². The molecule has 2 atom stereocenters. The van der Waals surface area contributed by atoms with Crippen molar-refractivity contribution in [3.05, 3.63) is 83.9 Å². The van der Waals surface area contributed by atoms with E-state index in [0.717, 1.165) is 11.1 Å². The number of carboxylic acids is 2. The van der Waals surface area contributed by atoms with Crippen molar-refractivity contribution >= 4 is 23.8 Å². The van der Waals surface area contributed by atoms with E-state index in [1.54, 1.807) is 0 Å². The predicted molar refractivity (Wildman–Crippen MR) is 123 cm³/mol. The van der Waals surface area contributed by atoms with E-state index in [2.05, 4.69) is 5.32 Å². The minimum atomic E-state index is -1.26. The second-order valence-corrected chi connectivity index (χ2v) is 7.47. The molecule has 9 heteroatoms. The molecule has 1 unspecified atom stereocenters. The van der Waals surface area contributed by atoms with Crippen LogP contribution in [0.2, 0.25) is 0 Å². The van der Waals surface area contributed by atoms with Gasteiger partial charge in [0.1, 0.15) is 0 Å². The summed E-state index contributed by atoms with van der Waals surface area (Å²) in [6, 6.07) is 19.0. The first kappa shape index (κ1) is 27.1. The lowest BCUT2D eigenvalue weighted by Crippen LogP contribution is -2.51. The van der Waals surface area contributed by atoms with Gasteiger partial charge in [0.2, 0.25) is 11.8 Å². The third kappa shape index (κ3) is 10.7. The van der Waals surface area contributed by atoms with Gasteiger partial charge in [-0.2, -0.15) is 0 Å². The Balaban J connectivity index is 0.000000582. The second-order valence-electron chi connectivity index (χ2n) is 7.47. The number of rotatable bonds is 10. The largest absolute Gasteiger partial charge is 0.478 e. The highest BCUT2D eigenvalue weighted by Gasteiger charge is 2.30. The predicted octanol–water partition coefficient (Wildman–Crippen LogP) is 1.57. The Morgan fingerprint density at radius 3 is 1.88 bits per heavy atom. The minimum absolute atomic E-state index is 0.0926. The Kier molecular flexibility index (Phi) is 11.0. The van der Waals surface area contributed by atoms with Gasteiger partial charge in [-0.05, 0) is 30.9 Å². The second kappa shape index (κ2) is 13.4. The van der Waals surface area contributed by atoms with Crippen LogP contribution in [0.4, 0.5) is 0 Å². The summed E-state index contributed by atoms with van der Waals surface area (Å²) in [6.45, 7) is 1.98. The molecule has 0 aliphatic rings. The van der Waals surface area contributed by atoms with Gasteiger partial charge >= 0.3 is 11.9 Å². The highest BCUT2D eigenvalue weighted by Crippen LogP contribution is 2.25. The fourth-order valence-electron chi connectivity index (χ4n) is 2.96. The topological polar surface area (TPSA) is 173 Å². The molecule has 9 nitrogen and oxygen atoms in total. The van der Waals surface area contributed by atoms with Crippen molar-refractivity contribution in [2.24, 2.45) is 11.5 Å². The van der Waals surface area contributed by atoms with Gasteiger partial charge in [0.05, 0.1) is 11.6 Å². The highest BCUT2D eigenvalue weighted by molar-refractivity contribution is 5.89. The van der Waals surface area contributed by atoms with Gasteiger partial charge in [0, 0.05) is 18.6 Å². The summed E-state index contributed by atoms with van der Waals surface area (Å²) in [5.41, 5.74) is 12.6. The maximum absolute atomic E-state index is 12.5. The Morgan fingerprint density at radius 1 is 0.939 bits per heavy atom. The summed E-state index contributed by atoms with van der Waals surface area (Å²) in [5.74, 6) is -3.26. The van der Waals surface area contributed by atoms with Gasteiger partial charge in [-0.1, -0.05) is 60.7 Å². The number of amides is 2. The van der Waals surface area contributed by atoms with E-state index in [0.29, 0.717) is 18.6 Å². The summed E-state index contributed by atoms with van der Waals surface area (Å²) in [6.07, 6.45) is 2.07. The third-order valence-electron chi connectivity index (χ3n) is 4.62. The molecule has 0 aliphatic heterocycles. The Bertz CT molecular complexity index is 947. The molecule has 2 aromatic carbocycles. The van der Waals surface area contributed by atoms with Crippen LogP contribution < -0.4 is 16.8 Å². The molecule has 0 aromatic heterocycles. The molecule has 0 fully saturated rings. The van der Waals surface area contributed by atoms with Crippen molar-refractivity contribution in [3.63, 3.8) is 0 Å². The first-order valence-corrected chi connectivity index (χ1v) is 10.1. The van der Waals surface area contributed by atoms with E-state index in [1.807, 2.05) is 67.6 Å². The van der Waals surface area contributed by atoms with Crippen LogP contribution in [-0.4, -0.2) is 40.0 Å². The molecule has 0 saturated carbocycles. The lowest BCUT2D eigenvalue weighted by atomic mass is 9.85. The number of carboxylic acid groups (broad SMARTS) is 2. The summed E-state index contributed by atoms with van der Waals surface area (Å²) in [4.78, 5) is 42.6. The number of nitrogens with two attached hydrogens (primary N) is 2. The van der Waals surface area contributed by atoms with Gasteiger partial charge in [0.15, 0.2) is 0 Å². The standard InChI is InChI=1S/C20H25N3O2.C4H4O4/c1-20(16-10-6-3-7-11-16,14-15-8-4-2-5-9-15)23-19(25)17(21)12-13-18(22)24;5-3(6)1-2-4(7)8/h2-11,17H,12-14,21H2,1H3,(H2,22,24)(H,23,25);1-2H,(H,5,6)(H,7,8)/b;2-1-/t17-,20?;/m1./s1. The van der Waals surface area contributed by atoms with Crippen LogP contribution in [0.5, 0.6) is 0 Å². The number of benzene rings is 2. The summed E-state index contributed by atoms with van der Waals surface area (Å²) >= 11 is 0. The molecule has 2 amide bonds. The van der Waals surface area contributed by atoms with Crippen LogP contribution in [0.25, 0.3) is 0 Å². The fourth-order valence-corrected chi connectivity index (χ4v) is 2.96. The molecule has 0 spiro atoms. The number of primary amides is 1. The van der Waals surface area contributed by atoms with Crippen molar-refractivity contribution in [1.82, 2.24) is 5.32 Å². The van der Waals surface area contributed by atoms with Crippen LogP contribution in [0.3, 0.4) is 0 Å². The minimum Gasteiger partial charge on any atom is -0.478 e. The Morgan fingerprint density at radius 2 is 1.42 bits per heavy atom. The number of nitrogens with one attached hydrogen (secondary N) is 1. The zero-order valence-corrected chi connectivity index (χ0v) is 18.3. The number of aliphatic carboxylic acids is 2. The van der Waals surface area contributed by atoms with Crippen LogP contribution in [-0.2, 0) is 31.1 Å². The zero-order valence-electron chi connectivity index (χ0n) is 18.3. The van der Waals surface area contributed by atoms with Crippen molar-refractivity contribution in [2.75, 3.05) is 0 Å². The van der Waals surface area contributed by atoms with Crippen molar-refractivity contribution in [3.8, 4) is 0 Å². The molecule has 176 valence electrons. The monoisotopic (exact) mass is 455 g/mol. The summed E-state index contributed by atoms with van der Waals surface area (Å²) < 4.78 is 0. The average molecular weight is 456 g/mol. The van der Waals surface area contributed by atoms with Crippen LogP contribution >= 0.6 is 0 Å². The smallest absolute Gasteiger partial charge is 0.328 e. The Labute approximate surface area is 192 Å². The molecule has 0 heterocycles. The molecule has 0 aliphatic carbocycles. The molecule has 2 aromatic rings. The van der Waals surface area contributed by atoms with Gasteiger partial charge < -0.3 is 27.0 Å². The van der Waals surface area contributed by atoms with Gasteiger partial charge in [-0.3, -0.25) is 9.59 Å². The van der Waals surface area contributed by atoms with Crippen molar-refractivity contribution in [2.45, 2.75) is 37.8 Å². The van der Waals surface area contributed by atoms with E-state index in [1.165, 1.54) is 0 Å². The van der Waals surface area contributed by atoms with Crippen molar-refractivity contribution in [1.29, 1.82) is 0 Å². The van der Waals surface area contributed by atoms with Crippen molar-refractivity contribution < 1.29 is 29.4 Å². The van der Waals surface area contributed by atoms with Crippen LogP contribution in [0.15, 0.2) is 72.8 Å². The van der Waals surface area contributed by atoms with Gasteiger partial charge in [-0.25, -0.2) is 9.59 Å². The van der Waals surface area contributed by atoms with E-state index in [-0.39, 0.29) is 18.7 Å². The maximum atomic E-state index is 12.5. The lowest BCUT2D eigenvalue weighted by molar-refractivity contribution is -0.134. The number of carbonyl (C=O) groups is 4. The first-order chi connectivity index (χ1) is 15.5. The number of hydrogen-bond acceptors (Lipinski definition) is 5. The lowest BCUT2D eigenvalue weighted by Gasteiger charge is -2.33. The molecular formula is C24H29N3O6. The molecule has 0 bridgehead atoms. The molecule has 0 radical (unpaired) electrons. The molecular weight excluding hydrogens is 426 g/mol. The van der Waals surface area contributed by atoms with E-state index >= 15 is 0 Å². The normalized spacial score (nSPS) is 13.2. The summed E-state index contributed by atoms with van der Waals surface area (Å²) in [5, 5.41) is 18.7. The van der Waals surface area contributed by atoms with E-state index in [4.69, 9.17) is 21.7 Å². The molecule has 0 saturated heterocycles. The number of hydrogen-bond donors (Lipinski definition) is 5. The SMILES string of the molecule is CC(Cc1ccccc1)(NC(=O)[C@H](N)CCC(N)=O)c1ccccc1.O=C(O)/C=C\C(=O)O. The summed E-state index contributed by atoms with van der Waals surface area (Å²) in [7, 11) is 0. The van der Waals surface area contributed by atoms with E-state index in [9.17, 15) is 19.2 Å². The van der Waals surface area contributed by atoms with Gasteiger partial charge in [-0.15, -0.1) is 0 Å². The fraction of sp³-hybridized carbons (Fsp3) is 0.250. The van der Waals surface area contributed by atoms with Crippen LogP contribution in [0.1, 0.15) is 30.9 Å².